The lowest BCUT2D eigenvalue weighted by molar-refractivity contribution is 0.0701. The van der Waals surface area contributed by atoms with Gasteiger partial charge in [-0.25, -0.2) is 9.78 Å². The molecule has 23 heavy (non-hydrogen) atoms. The average molecular weight is 326 g/mol. The van der Waals surface area contributed by atoms with Crippen LogP contribution in [-0.4, -0.2) is 20.5 Å². The van der Waals surface area contributed by atoms with Crippen molar-refractivity contribution < 1.29 is 9.90 Å². The first-order valence-corrected chi connectivity index (χ1v) is 7.79. The number of rotatable bonds is 3. The van der Waals surface area contributed by atoms with Crippen molar-refractivity contribution in [3.63, 3.8) is 0 Å². The summed E-state index contributed by atoms with van der Waals surface area (Å²) < 4.78 is 1.33. The van der Waals surface area contributed by atoms with Crippen LogP contribution in [0.4, 0.5) is 0 Å². The van der Waals surface area contributed by atoms with E-state index in [-0.39, 0.29) is 10.4 Å². The molecule has 3 aromatic rings. The predicted octanol–water partition coefficient (Wildman–Crippen LogP) is 3.24. The van der Waals surface area contributed by atoms with Crippen molar-refractivity contribution in [3.05, 3.63) is 68.1 Å². The Morgan fingerprint density at radius 3 is 2.70 bits per heavy atom. The zero-order chi connectivity index (χ0) is 16.6. The van der Waals surface area contributed by atoms with E-state index in [1.165, 1.54) is 10.5 Å². The van der Waals surface area contributed by atoms with Crippen LogP contribution in [0.25, 0.3) is 17.1 Å². The monoisotopic (exact) mass is 326 g/mol. The molecule has 0 aliphatic rings. The Hall–Kier alpha value is -2.73. The zero-order valence-electron chi connectivity index (χ0n) is 12.6. The minimum atomic E-state index is -1.05. The molecule has 0 amide bonds. The summed E-state index contributed by atoms with van der Waals surface area (Å²) in [6, 6.07) is 9.31. The van der Waals surface area contributed by atoms with Gasteiger partial charge >= 0.3 is 5.97 Å². The molecule has 0 aliphatic carbocycles. The second kappa shape index (κ2) is 5.81. The minimum absolute atomic E-state index is 0.134. The normalized spacial score (nSPS) is 11.4. The summed E-state index contributed by atoms with van der Waals surface area (Å²) in [7, 11) is 0. The van der Waals surface area contributed by atoms with E-state index < -0.39 is 5.97 Å². The molecular weight excluding hydrogens is 312 g/mol. The number of carboxylic acids is 1. The van der Waals surface area contributed by atoms with Crippen LogP contribution in [0.3, 0.4) is 0 Å². The van der Waals surface area contributed by atoms with Crippen molar-refractivity contribution in [2.24, 2.45) is 0 Å². The smallest absolute Gasteiger partial charge is 0.347 e. The Morgan fingerprint density at radius 2 is 2.00 bits per heavy atom. The number of carboxylic acid groups (broad SMARTS) is 1. The number of aromatic carboxylic acids is 1. The van der Waals surface area contributed by atoms with E-state index >= 15 is 0 Å². The number of hydrogen-bond donors (Lipinski definition) is 1. The highest BCUT2D eigenvalue weighted by Gasteiger charge is 2.16. The van der Waals surface area contributed by atoms with Gasteiger partial charge in [-0.15, -0.1) is 0 Å². The maximum atomic E-state index is 12.2. The van der Waals surface area contributed by atoms with Crippen LogP contribution in [0.15, 0.2) is 35.1 Å². The number of aromatic nitrogens is 2. The minimum Gasteiger partial charge on any atom is -0.477 e. The summed E-state index contributed by atoms with van der Waals surface area (Å²) in [5.41, 5.74) is 2.81. The number of thiazole rings is 1. The summed E-state index contributed by atoms with van der Waals surface area (Å²) in [6.07, 6.45) is 3.66. The molecule has 0 fully saturated rings. The van der Waals surface area contributed by atoms with E-state index in [1.54, 1.807) is 13.0 Å². The highest BCUT2D eigenvalue weighted by atomic mass is 32.1. The fraction of sp³-hybridized carbons (Fsp3) is 0.118. The molecule has 3 rings (SSSR count). The van der Waals surface area contributed by atoms with Crippen molar-refractivity contribution in [1.82, 2.24) is 9.38 Å². The van der Waals surface area contributed by atoms with E-state index in [2.05, 4.69) is 4.98 Å². The van der Waals surface area contributed by atoms with Gasteiger partial charge in [-0.3, -0.25) is 9.20 Å². The standard InChI is InChI=1S/C17H14N2O3S/c1-10-5-3-4-6-12(10)7-8-13-9-14(20)19-11(2)15(16(21)22)23-17(19)18-13/h3-9H,1-2H3,(H,21,22)/b8-7+. The van der Waals surface area contributed by atoms with Crippen LogP contribution in [0, 0.1) is 13.8 Å². The second-order valence-corrected chi connectivity index (χ2v) is 6.13. The van der Waals surface area contributed by atoms with Crippen LogP contribution < -0.4 is 5.56 Å². The first-order valence-electron chi connectivity index (χ1n) is 6.97. The molecule has 1 N–H and O–H groups in total. The third-order valence-electron chi connectivity index (χ3n) is 3.58. The number of aryl methyl sites for hydroxylation is 2. The summed E-state index contributed by atoms with van der Waals surface area (Å²) in [6.45, 7) is 3.62. The van der Waals surface area contributed by atoms with E-state index in [1.807, 2.05) is 37.3 Å². The molecule has 0 bridgehead atoms. The third kappa shape index (κ3) is 2.80. The molecule has 6 heteroatoms. The number of fused-ring (bicyclic) bond motifs is 1. The molecule has 0 saturated carbocycles. The largest absolute Gasteiger partial charge is 0.477 e. The zero-order valence-corrected chi connectivity index (χ0v) is 13.4. The lowest BCUT2D eigenvalue weighted by Crippen LogP contribution is -2.14. The average Bonchev–Trinajstić information content (AvgIpc) is 2.84. The van der Waals surface area contributed by atoms with Gasteiger partial charge < -0.3 is 5.11 Å². The van der Waals surface area contributed by atoms with Crippen LogP contribution in [0.1, 0.15) is 32.2 Å². The Morgan fingerprint density at radius 1 is 1.26 bits per heavy atom. The van der Waals surface area contributed by atoms with Gasteiger partial charge in [0.1, 0.15) is 4.88 Å². The van der Waals surface area contributed by atoms with E-state index in [0.717, 1.165) is 22.5 Å². The van der Waals surface area contributed by atoms with Crippen molar-refractivity contribution in [1.29, 1.82) is 0 Å². The van der Waals surface area contributed by atoms with Crippen LogP contribution in [0.2, 0.25) is 0 Å². The summed E-state index contributed by atoms with van der Waals surface area (Å²) in [5.74, 6) is -1.05. The van der Waals surface area contributed by atoms with Gasteiger partial charge in [0, 0.05) is 6.07 Å². The molecule has 0 radical (unpaired) electrons. The molecule has 0 spiro atoms. The van der Waals surface area contributed by atoms with E-state index in [0.29, 0.717) is 16.3 Å². The second-order valence-electron chi connectivity index (χ2n) is 5.15. The van der Waals surface area contributed by atoms with E-state index in [4.69, 9.17) is 5.11 Å². The highest BCUT2D eigenvalue weighted by Crippen LogP contribution is 2.20. The first kappa shape index (κ1) is 15.2. The lowest BCUT2D eigenvalue weighted by Gasteiger charge is -1.99. The number of hydrogen-bond acceptors (Lipinski definition) is 4. The van der Waals surface area contributed by atoms with Gasteiger partial charge in [0.2, 0.25) is 0 Å². The molecule has 1 aromatic carbocycles. The van der Waals surface area contributed by atoms with Crippen LogP contribution in [-0.2, 0) is 0 Å². The summed E-state index contributed by atoms with van der Waals surface area (Å²) >= 11 is 1.00. The van der Waals surface area contributed by atoms with Gasteiger partial charge in [0.05, 0.1) is 11.4 Å². The fourth-order valence-corrected chi connectivity index (χ4v) is 3.33. The Kier molecular flexibility index (Phi) is 3.83. The lowest BCUT2D eigenvalue weighted by atomic mass is 10.1. The van der Waals surface area contributed by atoms with Gasteiger partial charge in [-0.2, -0.15) is 0 Å². The molecule has 0 aliphatic heterocycles. The topological polar surface area (TPSA) is 71.7 Å². The Labute approximate surface area is 136 Å². The van der Waals surface area contributed by atoms with Gasteiger partial charge in [-0.05, 0) is 31.1 Å². The first-order chi connectivity index (χ1) is 11.0. The van der Waals surface area contributed by atoms with Crippen molar-refractivity contribution in [2.45, 2.75) is 13.8 Å². The van der Waals surface area contributed by atoms with Crippen molar-refractivity contribution >= 4 is 34.4 Å². The highest BCUT2D eigenvalue weighted by molar-refractivity contribution is 7.18. The molecule has 0 unspecified atom stereocenters. The summed E-state index contributed by atoms with van der Waals surface area (Å²) in [5, 5.41) is 9.16. The molecule has 2 heterocycles. The van der Waals surface area contributed by atoms with Gasteiger partial charge in [0.25, 0.3) is 5.56 Å². The van der Waals surface area contributed by atoms with Crippen molar-refractivity contribution in [3.8, 4) is 0 Å². The van der Waals surface area contributed by atoms with E-state index in [9.17, 15) is 9.59 Å². The van der Waals surface area contributed by atoms with Crippen LogP contribution >= 0.6 is 11.3 Å². The molecule has 116 valence electrons. The molecule has 2 aromatic heterocycles. The third-order valence-corrected chi connectivity index (χ3v) is 4.71. The summed E-state index contributed by atoms with van der Waals surface area (Å²) in [4.78, 5) is 28.3. The van der Waals surface area contributed by atoms with Crippen LogP contribution in [0.5, 0.6) is 0 Å². The van der Waals surface area contributed by atoms with Gasteiger partial charge in [0.15, 0.2) is 4.96 Å². The fourth-order valence-electron chi connectivity index (χ4n) is 2.35. The number of benzene rings is 1. The quantitative estimate of drug-likeness (QED) is 0.802. The number of carbonyl (C=O) groups is 1. The molecule has 0 atom stereocenters. The molecular formula is C17H14N2O3S. The maximum Gasteiger partial charge on any atom is 0.347 e. The van der Waals surface area contributed by atoms with Gasteiger partial charge in [-0.1, -0.05) is 41.7 Å². The van der Waals surface area contributed by atoms with Crippen molar-refractivity contribution in [2.75, 3.05) is 0 Å². The predicted molar refractivity (Wildman–Crippen MR) is 91.1 cm³/mol. The maximum absolute atomic E-state index is 12.2. The number of nitrogens with zero attached hydrogens (tertiary/aromatic N) is 2. The Bertz CT molecular complexity index is 999. The molecule has 0 saturated heterocycles. The molecule has 5 nitrogen and oxygen atoms in total. The Balaban J connectivity index is 2.08. The SMILES string of the molecule is Cc1ccccc1/C=C/c1cc(=O)n2c(C)c(C(=O)O)sc2n1.